The number of H-pyrrole nitrogens is 1. The molecule has 0 aliphatic heterocycles. The maximum atomic E-state index is 11.8. The van der Waals surface area contributed by atoms with Crippen molar-refractivity contribution < 1.29 is 0 Å². The van der Waals surface area contributed by atoms with Crippen LogP contribution in [0, 0.1) is 5.92 Å². The third kappa shape index (κ3) is 3.92. The molecule has 0 saturated carbocycles. The van der Waals surface area contributed by atoms with E-state index < -0.39 is 0 Å². The van der Waals surface area contributed by atoms with E-state index >= 15 is 0 Å². The summed E-state index contributed by atoms with van der Waals surface area (Å²) in [7, 11) is 0. The molecule has 2 rings (SSSR count). The largest absolute Gasteiger partial charge is 0.312 e. The van der Waals surface area contributed by atoms with Gasteiger partial charge < -0.3 is 5.32 Å². The molecule has 4 nitrogen and oxygen atoms in total. The maximum absolute atomic E-state index is 11.8. The summed E-state index contributed by atoms with van der Waals surface area (Å²) in [5.74, 6) is 0.548. The molecule has 5 heteroatoms. The highest BCUT2D eigenvalue weighted by Crippen LogP contribution is 2.18. The van der Waals surface area contributed by atoms with Gasteiger partial charge in [0.15, 0.2) is 0 Å². The van der Waals surface area contributed by atoms with Crippen molar-refractivity contribution in [3.05, 3.63) is 51.3 Å². The molecule has 0 aliphatic rings. The summed E-state index contributed by atoms with van der Waals surface area (Å²) >= 11 is 5.87. The van der Waals surface area contributed by atoms with Crippen molar-refractivity contribution in [2.45, 2.75) is 20.4 Å². The standard InChI is InChI=1S/C15H18ClN3O/c1-10(2)8-17-9-12-7-14(18-19-15(12)20)11-3-5-13(16)6-4-11/h3-7,10,17H,8-9H2,1-2H3,(H,19,20). The SMILES string of the molecule is CC(C)CNCc1cc(-c2ccc(Cl)cc2)n[nH]c1=O. The van der Waals surface area contributed by atoms with Gasteiger partial charge in [0.2, 0.25) is 0 Å². The molecule has 0 unspecified atom stereocenters. The number of benzene rings is 1. The Hall–Kier alpha value is -1.65. The van der Waals surface area contributed by atoms with Crippen LogP contribution in [0.5, 0.6) is 0 Å². The summed E-state index contributed by atoms with van der Waals surface area (Å²) in [6.07, 6.45) is 0. The number of hydrogen-bond donors (Lipinski definition) is 2. The molecule has 1 aromatic heterocycles. The van der Waals surface area contributed by atoms with Crippen molar-refractivity contribution in [3.63, 3.8) is 0 Å². The van der Waals surface area contributed by atoms with E-state index in [1.807, 2.05) is 18.2 Å². The number of nitrogens with one attached hydrogen (secondary N) is 2. The van der Waals surface area contributed by atoms with Crippen molar-refractivity contribution in [1.29, 1.82) is 0 Å². The van der Waals surface area contributed by atoms with Crippen LogP contribution in [0.3, 0.4) is 0 Å². The molecule has 2 N–H and O–H groups in total. The zero-order chi connectivity index (χ0) is 14.5. The summed E-state index contributed by atoms with van der Waals surface area (Å²) in [4.78, 5) is 11.8. The van der Waals surface area contributed by atoms with Crippen molar-refractivity contribution in [2.24, 2.45) is 5.92 Å². The van der Waals surface area contributed by atoms with Crippen LogP contribution < -0.4 is 10.9 Å². The number of hydrogen-bond acceptors (Lipinski definition) is 3. The normalized spacial score (nSPS) is 11.0. The fraction of sp³-hybridized carbons (Fsp3) is 0.333. The van der Waals surface area contributed by atoms with E-state index in [4.69, 9.17) is 11.6 Å². The molecule has 2 aromatic rings. The first-order valence-electron chi connectivity index (χ1n) is 6.61. The Bertz CT molecular complexity index is 620. The molecule has 1 aromatic carbocycles. The smallest absolute Gasteiger partial charge is 0.268 e. The van der Waals surface area contributed by atoms with Gasteiger partial charge in [-0.3, -0.25) is 4.79 Å². The average Bonchev–Trinajstić information content (AvgIpc) is 2.41. The van der Waals surface area contributed by atoms with Crippen LogP contribution in [0.15, 0.2) is 35.1 Å². The Morgan fingerprint density at radius 1 is 1.30 bits per heavy atom. The summed E-state index contributed by atoms with van der Waals surface area (Å²) in [5.41, 5.74) is 2.20. The van der Waals surface area contributed by atoms with Gasteiger partial charge in [0.1, 0.15) is 0 Å². The van der Waals surface area contributed by atoms with E-state index in [-0.39, 0.29) is 5.56 Å². The summed E-state index contributed by atoms with van der Waals surface area (Å²) in [6.45, 7) is 5.67. The van der Waals surface area contributed by atoms with Gasteiger partial charge in [-0.1, -0.05) is 37.6 Å². The first-order valence-corrected chi connectivity index (χ1v) is 6.99. The molecular weight excluding hydrogens is 274 g/mol. The van der Waals surface area contributed by atoms with Crippen molar-refractivity contribution in [1.82, 2.24) is 15.5 Å². The fourth-order valence-electron chi connectivity index (χ4n) is 1.84. The molecule has 20 heavy (non-hydrogen) atoms. The Balaban J connectivity index is 2.19. The highest BCUT2D eigenvalue weighted by atomic mass is 35.5. The quantitative estimate of drug-likeness (QED) is 0.890. The minimum Gasteiger partial charge on any atom is -0.312 e. The van der Waals surface area contributed by atoms with E-state index in [0.717, 1.165) is 17.8 Å². The van der Waals surface area contributed by atoms with Crippen LogP contribution >= 0.6 is 11.6 Å². The number of aromatic amines is 1. The molecular formula is C15H18ClN3O. The number of nitrogens with zero attached hydrogens (tertiary/aromatic N) is 1. The van der Waals surface area contributed by atoms with Crippen molar-refractivity contribution >= 4 is 11.6 Å². The fourth-order valence-corrected chi connectivity index (χ4v) is 1.97. The first kappa shape index (κ1) is 14.8. The van der Waals surface area contributed by atoms with Gasteiger partial charge in [0.05, 0.1) is 5.69 Å². The van der Waals surface area contributed by atoms with Gasteiger partial charge in [-0.05, 0) is 30.7 Å². The van der Waals surface area contributed by atoms with Crippen LogP contribution in [0.25, 0.3) is 11.3 Å². The Morgan fingerprint density at radius 3 is 2.65 bits per heavy atom. The van der Waals surface area contributed by atoms with Crippen LogP contribution in [0.4, 0.5) is 0 Å². The molecule has 0 fully saturated rings. The molecule has 0 amide bonds. The van der Waals surface area contributed by atoms with E-state index in [1.165, 1.54) is 0 Å². The second kappa shape index (κ2) is 6.68. The predicted octanol–water partition coefficient (Wildman–Crippen LogP) is 2.84. The summed E-state index contributed by atoms with van der Waals surface area (Å²) in [6, 6.07) is 9.19. The third-order valence-electron chi connectivity index (χ3n) is 2.89. The average molecular weight is 292 g/mol. The molecule has 106 valence electrons. The molecule has 0 bridgehead atoms. The van der Waals surface area contributed by atoms with Gasteiger partial charge in [0.25, 0.3) is 5.56 Å². The second-order valence-electron chi connectivity index (χ2n) is 5.14. The van der Waals surface area contributed by atoms with Crippen molar-refractivity contribution in [3.8, 4) is 11.3 Å². The second-order valence-corrected chi connectivity index (χ2v) is 5.58. The lowest BCUT2D eigenvalue weighted by Gasteiger charge is -2.08. The number of rotatable bonds is 5. The first-order chi connectivity index (χ1) is 9.56. The van der Waals surface area contributed by atoms with Gasteiger partial charge in [-0.25, -0.2) is 5.10 Å². The predicted molar refractivity (Wildman–Crippen MR) is 81.8 cm³/mol. The van der Waals surface area contributed by atoms with Crippen LogP contribution in [0.2, 0.25) is 5.02 Å². The Labute approximate surface area is 123 Å². The molecule has 0 atom stereocenters. The minimum absolute atomic E-state index is 0.154. The van der Waals surface area contributed by atoms with E-state index in [9.17, 15) is 4.79 Å². The lowest BCUT2D eigenvalue weighted by atomic mass is 10.1. The highest BCUT2D eigenvalue weighted by molar-refractivity contribution is 6.30. The monoisotopic (exact) mass is 291 g/mol. The van der Waals surface area contributed by atoms with Gasteiger partial charge in [-0.2, -0.15) is 5.10 Å². The zero-order valence-electron chi connectivity index (χ0n) is 11.6. The van der Waals surface area contributed by atoms with Crippen LogP contribution in [-0.2, 0) is 6.54 Å². The van der Waals surface area contributed by atoms with Gasteiger partial charge >= 0.3 is 0 Å². The molecule has 0 spiro atoms. The van der Waals surface area contributed by atoms with E-state index in [1.54, 1.807) is 12.1 Å². The maximum Gasteiger partial charge on any atom is 0.268 e. The van der Waals surface area contributed by atoms with Crippen LogP contribution in [-0.4, -0.2) is 16.7 Å². The molecule has 0 saturated heterocycles. The van der Waals surface area contributed by atoms with Crippen LogP contribution in [0.1, 0.15) is 19.4 Å². The minimum atomic E-state index is -0.154. The molecule has 1 heterocycles. The third-order valence-corrected chi connectivity index (χ3v) is 3.14. The Kier molecular flexibility index (Phi) is 4.93. The number of aromatic nitrogens is 2. The number of halogens is 1. The van der Waals surface area contributed by atoms with E-state index in [0.29, 0.717) is 23.0 Å². The summed E-state index contributed by atoms with van der Waals surface area (Å²) < 4.78 is 0. The van der Waals surface area contributed by atoms with Gasteiger partial charge in [-0.15, -0.1) is 0 Å². The summed E-state index contributed by atoms with van der Waals surface area (Å²) in [5, 5.41) is 10.6. The lowest BCUT2D eigenvalue weighted by molar-refractivity contribution is 0.550. The topological polar surface area (TPSA) is 57.8 Å². The zero-order valence-corrected chi connectivity index (χ0v) is 12.4. The van der Waals surface area contributed by atoms with Gasteiger partial charge in [0, 0.05) is 22.7 Å². The van der Waals surface area contributed by atoms with E-state index in [2.05, 4.69) is 29.4 Å². The Morgan fingerprint density at radius 2 is 2.00 bits per heavy atom. The molecule has 0 aliphatic carbocycles. The molecule has 0 radical (unpaired) electrons. The van der Waals surface area contributed by atoms with Crippen molar-refractivity contribution in [2.75, 3.05) is 6.54 Å². The highest BCUT2D eigenvalue weighted by Gasteiger charge is 2.05. The lowest BCUT2D eigenvalue weighted by Crippen LogP contribution is -2.24.